The van der Waals surface area contributed by atoms with Gasteiger partial charge in [0.1, 0.15) is 5.69 Å². The molecule has 0 bridgehead atoms. The number of nitrogens with one attached hydrogen (secondary N) is 1. The van der Waals surface area contributed by atoms with Crippen LogP contribution in [0.5, 0.6) is 0 Å². The maximum atomic E-state index is 13.2. The first-order valence-electron chi connectivity index (χ1n) is 5.14. The summed E-state index contributed by atoms with van der Waals surface area (Å²) in [5, 5.41) is 2.34. The lowest BCUT2D eigenvalue weighted by atomic mass is 10.2. The second-order valence-electron chi connectivity index (χ2n) is 3.55. The molecule has 0 saturated heterocycles. The zero-order chi connectivity index (χ0) is 13.0. The Hall–Kier alpha value is -1.30. The predicted octanol–water partition coefficient (Wildman–Crippen LogP) is 3.08. The van der Waals surface area contributed by atoms with Gasteiger partial charge in [-0.3, -0.25) is 0 Å². The van der Waals surface area contributed by atoms with Crippen LogP contribution in [-0.4, -0.2) is 19.3 Å². The van der Waals surface area contributed by atoms with Crippen molar-refractivity contribution >= 4 is 5.69 Å². The van der Waals surface area contributed by atoms with Gasteiger partial charge in [-0.15, -0.1) is 0 Å². The van der Waals surface area contributed by atoms with Crippen molar-refractivity contribution in [3.8, 4) is 0 Å². The summed E-state index contributed by atoms with van der Waals surface area (Å²) in [5.41, 5.74) is -0.810. The van der Waals surface area contributed by atoms with Crippen LogP contribution in [-0.2, 0) is 4.74 Å². The molecule has 0 aliphatic rings. The SMILES string of the molecule is CCOCC(C)Nc1c(F)c(F)cc(F)c1F. The number of halogens is 4. The summed E-state index contributed by atoms with van der Waals surface area (Å²) in [6.45, 7) is 3.95. The number of benzene rings is 1. The van der Waals surface area contributed by atoms with E-state index >= 15 is 0 Å². The van der Waals surface area contributed by atoms with Gasteiger partial charge in [-0.05, 0) is 13.8 Å². The number of ether oxygens (including phenoxy) is 1. The van der Waals surface area contributed by atoms with Gasteiger partial charge in [-0.1, -0.05) is 0 Å². The minimum Gasteiger partial charge on any atom is -0.380 e. The fraction of sp³-hybridized carbons (Fsp3) is 0.455. The molecule has 0 radical (unpaired) electrons. The zero-order valence-electron chi connectivity index (χ0n) is 9.49. The van der Waals surface area contributed by atoms with E-state index in [4.69, 9.17) is 4.74 Å². The molecular formula is C11H13F4NO. The average molecular weight is 251 g/mol. The Labute approximate surface area is 96.6 Å². The molecule has 0 aliphatic heterocycles. The van der Waals surface area contributed by atoms with E-state index in [2.05, 4.69) is 5.32 Å². The van der Waals surface area contributed by atoms with Gasteiger partial charge in [0.15, 0.2) is 23.3 Å². The van der Waals surface area contributed by atoms with E-state index < -0.39 is 35.0 Å². The molecule has 1 N–H and O–H groups in total. The molecule has 2 nitrogen and oxygen atoms in total. The van der Waals surface area contributed by atoms with Crippen LogP contribution in [0.3, 0.4) is 0 Å². The first kappa shape index (κ1) is 13.8. The Kier molecular flexibility index (Phi) is 4.74. The normalized spacial score (nSPS) is 12.6. The summed E-state index contributed by atoms with van der Waals surface area (Å²) >= 11 is 0. The summed E-state index contributed by atoms with van der Waals surface area (Å²) in [4.78, 5) is 0. The molecular weight excluding hydrogens is 238 g/mol. The molecule has 0 aromatic heterocycles. The molecule has 1 rings (SSSR count). The van der Waals surface area contributed by atoms with Gasteiger partial charge in [-0.25, -0.2) is 17.6 Å². The van der Waals surface area contributed by atoms with E-state index in [9.17, 15) is 17.6 Å². The van der Waals surface area contributed by atoms with E-state index in [1.165, 1.54) is 0 Å². The lowest BCUT2D eigenvalue weighted by Gasteiger charge is -2.16. The highest BCUT2D eigenvalue weighted by molar-refractivity contribution is 5.47. The molecule has 6 heteroatoms. The van der Waals surface area contributed by atoms with Gasteiger partial charge in [-0.2, -0.15) is 0 Å². The first-order valence-corrected chi connectivity index (χ1v) is 5.14. The third-order valence-electron chi connectivity index (χ3n) is 2.07. The Balaban J connectivity index is 2.90. The third-order valence-corrected chi connectivity index (χ3v) is 2.07. The van der Waals surface area contributed by atoms with Crippen LogP contribution in [0, 0.1) is 23.3 Å². The Bertz CT molecular complexity index is 371. The molecule has 1 aromatic carbocycles. The highest BCUT2D eigenvalue weighted by Crippen LogP contribution is 2.24. The van der Waals surface area contributed by atoms with Crippen molar-refractivity contribution in [2.24, 2.45) is 0 Å². The van der Waals surface area contributed by atoms with Crippen molar-refractivity contribution < 1.29 is 22.3 Å². The molecule has 0 amide bonds. The zero-order valence-corrected chi connectivity index (χ0v) is 9.49. The van der Waals surface area contributed by atoms with Crippen molar-refractivity contribution in [3.05, 3.63) is 29.3 Å². The standard InChI is InChI=1S/C11H13F4NO/c1-3-17-5-6(2)16-11-9(14)7(12)4-8(13)10(11)15/h4,6,16H,3,5H2,1-2H3. The van der Waals surface area contributed by atoms with Gasteiger partial charge < -0.3 is 10.1 Å². The van der Waals surface area contributed by atoms with Crippen LogP contribution in [0.2, 0.25) is 0 Å². The molecule has 0 spiro atoms. The topological polar surface area (TPSA) is 21.3 Å². The predicted molar refractivity (Wildman–Crippen MR) is 55.9 cm³/mol. The van der Waals surface area contributed by atoms with Crippen LogP contribution >= 0.6 is 0 Å². The largest absolute Gasteiger partial charge is 0.380 e. The Morgan fingerprint density at radius 3 is 2.18 bits per heavy atom. The Morgan fingerprint density at radius 2 is 1.71 bits per heavy atom. The number of hydrogen-bond donors (Lipinski definition) is 1. The maximum Gasteiger partial charge on any atom is 0.185 e. The molecule has 0 aliphatic carbocycles. The van der Waals surface area contributed by atoms with Crippen molar-refractivity contribution in [1.29, 1.82) is 0 Å². The lowest BCUT2D eigenvalue weighted by molar-refractivity contribution is 0.141. The molecule has 1 unspecified atom stereocenters. The minimum absolute atomic E-state index is 0.170. The maximum absolute atomic E-state index is 13.2. The summed E-state index contributed by atoms with van der Waals surface area (Å²) in [6.07, 6.45) is 0. The monoisotopic (exact) mass is 251 g/mol. The van der Waals surface area contributed by atoms with E-state index in [1.54, 1.807) is 13.8 Å². The van der Waals surface area contributed by atoms with Crippen molar-refractivity contribution in [1.82, 2.24) is 0 Å². The van der Waals surface area contributed by atoms with Gasteiger partial charge in [0.05, 0.1) is 6.61 Å². The summed E-state index contributed by atoms with van der Waals surface area (Å²) in [5.74, 6) is -5.75. The van der Waals surface area contributed by atoms with E-state index in [0.717, 1.165) is 0 Å². The first-order chi connectivity index (χ1) is 7.97. The average Bonchev–Trinajstić information content (AvgIpc) is 2.29. The number of rotatable bonds is 5. The van der Waals surface area contributed by atoms with Crippen molar-refractivity contribution in [2.75, 3.05) is 18.5 Å². The summed E-state index contributed by atoms with van der Waals surface area (Å²) in [6, 6.07) is -0.302. The van der Waals surface area contributed by atoms with Crippen LogP contribution in [0.4, 0.5) is 23.2 Å². The van der Waals surface area contributed by atoms with Gasteiger partial charge in [0.2, 0.25) is 0 Å². The fourth-order valence-corrected chi connectivity index (χ4v) is 1.28. The highest BCUT2D eigenvalue weighted by atomic mass is 19.2. The fourth-order valence-electron chi connectivity index (χ4n) is 1.28. The second kappa shape index (κ2) is 5.86. The lowest BCUT2D eigenvalue weighted by Crippen LogP contribution is -2.23. The Morgan fingerprint density at radius 1 is 1.18 bits per heavy atom. The quantitative estimate of drug-likeness (QED) is 0.641. The van der Waals surface area contributed by atoms with Crippen LogP contribution in [0.25, 0.3) is 0 Å². The van der Waals surface area contributed by atoms with Gasteiger partial charge in [0.25, 0.3) is 0 Å². The van der Waals surface area contributed by atoms with Crippen molar-refractivity contribution in [2.45, 2.75) is 19.9 Å². The molecule has 1 atom stereocenters. The second-order valence-corrected chi connectivity index (χ2v) is 3.55. The number of anilines is 1. The van der Waals surface area contributed by atoms with Crippen LogP contribution in [0.1, 0.15) is 13.8 Å². The number of hydrogen-bond acceptors (Lipinski definition) is 2. The molecule has 96 valence electrons. The molecule has 0 heterocycles. The smallest absolute Gasteiger partial charge is 0.185 e. The van der Waals surface area contributed by atoms with E-state index in [0.29, 0.717) is 6.61 Å². The summed E-state index contributed by atoms with van der Waals surface area (Å²) in [7, 11) is 0. The van der Waals surface area contributed by atoms with Gasteiger partial charge in [0, 0.05) is 18.7 Å². The van der Waals surface area contributed by atoms with Gasteiger partial charge >= 0.3 is 0 Å². The third kappa shape index (κ3) is 3.33. The molecule has 1 aromatic rings. The molecule has 0 saturated carbocycles. The minimum atomic E-state index is -1.44. The highest BCUT2D eigenvalue weighted by Gasteiger charge is 2.20. The van der Waals surface area contributed by atoms with E-state index in [-0.39, 0.29) is 12.7 Å². The van der Waals surface area contributed by atoms with Crippen molar-refractivity contribution in [3.63, 3.8) is 0 Å². The van der Waals surface area contributed by atoms with E-state index in [1.807, 2.05) is 0 Å². The summed E-state index contributed by atoms with van der Waals surface area (Å²) < 4.78 is 57.2. The van der Waals surface area contributed by atoms with Crippen LogP contribution < -0.4 is 5.32 Å². The molecule has 0 fully saturated rings. The molecule has 17 heavy (non-hydrogen) atoms. The van der Waals surface area contributed by atoms with Crippen LogP contribution in [0.15, 0.2) is 6.07 Å².